The predicted molar refractivity (Wildman–Crippen MR) is 257 cm³/mol. The van der Waals surface area contributed by atoms with Crippen molar-refractivity contribution in [3.8, 4) is 22.3 Å². The van der Waals surface area contributed by atoms with E-state index in [0.29, 0.717) is 0 Å². The first-order valence-corrected chi connectivity index (χ1v) is 26.9. The van der Waals surface area contributed by atoms with E-state index in [-0.39, 0.29) is 0 Å². The molecule has 58 heavy (non-hydrogen) atoms. The van der Waals surface area contributed by atoms with Crippen LogP contribution in [0.15, 0.2) is 170 Å². The zero-order valence-electron chi connectivity index (χ0n) is 33.6. The van der Waals surface area contributed by atoms with Gasteiger partial charge in [-0.1, -0.05) is 205 Å². The first-order chi connectivity index (χ1) is 28.3. The number of hydrogen-bond donors (Lipinski definition) is 0. The van der Waals surface area contributed by atoms with Gasteiger partial charge in [0.1, 0.15) is 16.1 Å². The van der Waals surface area contributed by atoms with Crippen molar-refractivity contribution in [3.05, 3.63) is 192 Å². The van der Waals surface area contributed by atoms with Gasteiger partial charge in [0.15, 0.2) is 0 Å². The molecular weight excluding hydrogens is 729 g/mol. The molecule has 0 saturated carbocycles. The third-order valence-electron chi connectivity index (χ3n) is 14.2. The van der Waals surface area contributed by atoms with Crippen LogP contribution in [0.2, 0.25) is 26.2 Å². The average Bonchev–Trinajstić information content (AvgIpc) is 3.26. The quantitative estimate of drug-likeness (QED) is 0.121. The molecule has 0 radical (unpaired) electrons. The van der Waals surface area contributed by atoms with E-state index < -0.39 is 16.1 Å². The van der Waals surface area contributed by atoms with Crippen molar-refractivity contribution < 1.29 is 0 Å². The predicted octanol–water partition coefficient (Wildman–Crippen LogP) is 12.2. The topological polar surface area (TPSA) is 0 Å². The largest absolute Gasteiger partial charge is 0.112 e. The lowest BCUT2D eigenvalue weighted by Gasteiger charge is -2.34. The minimum atomic E-state index is -1.86. The van der Waals surface area contributed by atoms with E-state index in [1.807, 2.05) is 0 Å². The van der Waals surface area contributed by atoms with E-state index >= 15 is 0 Å². The SMILES string of the molecule is C[Si]1(C)c2ccccc2Cc2ccc(-c3ccc4c5ccccc5c5c6cc(-c7ccc8c(c7)[Si](C)(C)c7ccccc7C8)ccc6c6ccccc6c5c4c3)cc21. The molecule has 10 aromatic carbocycles. The summed E-state index contributed by atoms with van der Waals surface area (Å²) in [4.78, 5) is 0. The molecule has 0 nitrogen and oxygen atoms in total. The van der Waals surface area contributed by atoms with Gasteiger partial charge in [0.25, 0.3) is 0 Å². The van der Waals surface area contributed by atoms with Crippen molar-refractivity contribution in [2.75, 3.05) is 0 Å². The lowest BCUT2D eigenvalue weighted by Crippen LogP contribution is -2.58. The summed E-state index contributed by atoms with van der Waals surface area (Å²) in [5.74, 6) is 0. The molecule has 0 bridgehead atoms. The van der Waals surface area contributed by atoms with Gasteiger partial charge in [-0.2, -0.15) is 0 Å². The fourth-order valence-electron chi connectivity index (χ4n) is 11.3. The van der Waals surface area contributed by atoms with Crippen LogP contribution in [0.1, 0.15) is 22.3 Å². The molecule has 2 aliphatic rings. The van der Waals surface area contributed by atoms with E-state index in [9.17, 15) is 0 Å². The van der Waals surface area contributed by atoms with Gasteiger partial charge in [-0.15, -0.1) is 0 Å². The Morgan fingerprint density at radius 3 is 1.05 bits per heavy atom. The first kappa shape index (κ1) is 34.0. The highest BCUT2D eigenvalue weighted by Gasteiger charge is 2.35. The summed E-state index contributed by atoms with van der Waals surface area (Å²) in [5.41, 5.74) is 11.2. The Bertz CT molecular complexity index is 3170. The minimum absolute atomic E-state index is 1.02. The highest BCUT2D eigenvalue weighted by Crippen LogP contribution is 2.45. The Hall–Kier alpha value is -6.07. The summed E-state index contributed by atoms with van der Waals surface area (Å²) in [6, 6.07) is 65.8. The van der Waals surface area contributed by atoms with Crippen LogP contribution >= 0.6 is 0 Å². The number of fused-ring (bicyclic) bond motifs is 15. The second kappa shape index (κ2) is 12.2. The molecule has 2 heterocycles. The van der Waals surface area contributed by atoms with Crippen LogP contribution in [0, 0.1) is 0 Å². The van der Waals surface area contributed by atoms with E-state index in [2.05, 4.69) is 196 Å². The van der Waals surface area contributed by atoms with Gasteiger partial charge in [-0.3, -0.25) is 0 Å². The highest BCUT2D eigenvalue weighted by molar-refractivity contribution is 7.02. The van der Waals surface area contributed by atoms with E-state index in [1.165, 1.54) is 98.4 Å². The molecule has 0 N–H and O–H groups in total. The van der Waals surface area contributed by atoms with Crippen molar-refractivity contribution in [2.24, 2.45) is 0 Å². The standard InChI is InChI=1S/C56H44Si2/c1-57(2)51-19-11-5-13-39(51)29-41-23-21-37(33-53(41)57)35-25-27-45-43-15-7-10-18-48(43)56-50-32-36(26-28-46(50)44-16-8-9-17-47(44)55(56)49(45)31-35)38-22-24-42-30-40-14-6-12-20-52(40)58(3,4)54(42)34-38/h5-28,31-34H,29-30H2,1-4H3. The summed E-state index contributed by atoms with van der Waals surface area (Å²) < 4.78 is 0. The third kappa shape index (κ3) is 4.79. The van der Waals surface area contributed by atoms with Crippen LogP contribution in [0.4, 0.5) is 0 Å². The van der Waals surface area contributed by atoms with Crippen molar-refractivity contribution in [1.29, 1.82) is 0 Å². The molecule has 0 saturated heterocycles. The summed E-state index contributed by atoms with van der Waals surface area (Å²) >= 11 is 0. The normalized spacial score (nSPS) is 15.0. The Balaban J connectivity index is 1.10. The molecule has 0 aromatic heterocycles. The molecule has 0 unspecified atom stereocenters. The van der Waals surface area contributed by atoms with Crippen LogP contribution in [0.5, 0.6) is 0 Å². The Morgan fingerprint density at radius 1 is 0.276 bits per heavy atom. The lowest BCUT2D eigenvalue weighted by atomic mass is 9.85. The fourth-order valence-corrected chi connectivity index (χ4v) is 17.8. The van der Waals surface area contributed by atoms with Crippen LogP contribution in [0.3, 0.4) is 0 Å². The first-order valence-electron chi connectivity index (χ1n) is 20.9. The Kier molecular flexibility index (Phi) is 7.17. The molecule has 0 amide bonds. The van der Waals surface area contributed by atoms with Crippen LogP contribution in [-0.2, 0) is 12.8 Å². The monoisotopic (exact) mass is 772 g/mol. The molecule has 12 rings (SSSR count). The minimum Gasteiger partial charge on any atom is -0.0623 e. The van der Waals surface area contributed by atoms with E-state index in [1.54, 1.807) is 20.7 Å². The zero-order valence-corrected chi connectivity index (χ0v) is 35.6. The second-order valence-electron chi connectivity index (χ2n) is 18.0. The molecule has 276 valence electrons. The van der Waals surface area contributed by atoms with Crippen molar-refractivity contribution in [2.45, 2.75) is 39.0 Å². The van der Waals surface area contributed by atoms with Gasteiger partial charge in [0, 0.05) is 0 Å². The maximum atomic E-state index is 2.54. The Morgan fingerprint density at radius 2 is 0.603 bits per heavy atom. The van der Waals surface area contributed by atoms with Gasteiger partial charge in [-0.05, 0) is 123 Å². The van der Waals surface area contributed by atoms with Crippen molar-refractivity contribution >= 4 is 90.8 Å². The average molecular weight is 773 g/mol. The Labute approximate surface area is 342 Å². The molecular formula is C56H44Si2. The van der Waals surface area contributed by atoms with Crippen LogP contribution in [-0.4, -0.2) is 16.1 Å². The van der Waals surface area contributed by atoms with E-state index in [4.69, 9.17) is 0 Å². The molecule has 0 atom stereocenters. The summed E-state index contributed by atoms with van der Waals surface area (Å²) in [6.07, 6.45) is 2.05. The maximum absolute atomic E-state index is 2.54. The van der Waals surface area contributed by atoms with Gasteiger partial charge >= 0.3 is 0 Å². The van der Waals surface area contributed by atoms with Crippen molar-refractivity contribution in [1.82, 2.24) is 0 Å². The molecule has 2 aliphatic heterocycles. The van der Waals surface area contributed by atoms with Gasteiger partial charge in [-0.25, -0.2) is 0 Å². The van der Waals surface area contributed by atoms with Crippen LogP contribution in [0.25, 0.3) is 76.1 Å². The highest BCUT2D eigenvalue weighted by atomic mass is 28.3. The number of rotatable bonds is 2. The number of hydrogen-bond acceptors (Lipinski definition) is 0. The fraction of sp³-hybridized carbons (Fsp3) is 0.107. The van der Waals surface area contributed by atoms with E-state index in [0.717, 1.165) is 12.8 Å². The van der Waals surface area contributed by atoms with Gasteiger partial charge in [0.05, 0.1) is 0 Å². The zero-order chi connectivity index (χ0) is 38.9. The van der Waals surface area contributed by atoms with Crippen LogP contribution < -0.4 is 20.7 Å². The molecule has 0 spiro atoms. The van der Waals surface area contributed by atoms with Gasteiger partial charge in [0.2, 0.25) is 0 Å². The lowest BCUT2D eigenvalue weighted by molar-refractivity contribution is 1.20. The van der Waals surface area contributed by atoms with Gasteiger partial charge < -0.3 is 0 Å². The molecule has 0 fully saturated rings. The molecule has 10 aromatic rings. The number of benzene rings is 10. The van der Waals surface area contributed by atoms with Crippen molar-refractivity contribution in [3.63, 3.8) is 0 Å². The maximum Gasteiger partial charge on any atom is 0.112 e. The summed E-state index contributed by atoms with van der Waals surface area (Å²) in [6.45, 7) is 10.1. The summed E-state index contributed by atoms with van der Waals surface area (Å²) in [7, 11) is -3.72. The molecule has 0 aliphatic carbocycles. The second-order valence-corrected chi connectivity index (χ2v) is 26.7. The summed E-state index contributed by atoms with van der Waals surface area (Å²) in [5, 5.41) is 19.6. The smallest absolute Gasteiger partial charge is 0.0623 e. The third-order valence-corrected chi connectivity index (χ3v) is 21.5. The molecule has 2 heteroatoms.